The fraction of sp³-hybridized carbons (Fsp3) is 0.389. The molecule has 0 aliphatic heterocycles. The predicted octanol–water partition coefficient (Wildman–Crippen LogP) is 1.93. The van der Waals surface area contributed by atoms with Crippen molar-refractivity contribution in [3.63, 3.8) is 0 Å². The highest BCUT2D eigenvalue weighted by molar-refractivity contribution is 7.09. The van der Waals surface area contributed by atoms with Gasteiger partial charge in [-0.25, -0.2) is 14.8 Å². The number of aromatic nitrogens is 4. The molecule has 8 nitrogen and oxygen atoms in total. The highest BCUT2D eigenvalue weighted by atomic mass is 32.1. The molecule has 0 saturated heterocycles. The fourth-order valence-corrected chi connectivity index (χ4v) is 3.71. The van der Waals surface area contributed by atoms with Crippen molar-refractivity contribution in [1.29, 1.82) is 0 Å². The summed E-state index contributed by atoms with van der Waals surface area (Å²) in [5.41, 5.74) is 0.405. The number of pyridine rings is 1. The number of rotatable bonds is 5. The zero-order chi connectivity index (χ0) is 19.1. The average Bonchev–Trinajstić information content (AvgIpc) is 3.35. The number of hydrogen-bond donors (Lipinski definition) is 2. The lowest BCUT2D eigenvalue weighted by Gasteiger charge is -2.08. The molecule has 140 valence electrons. The molecule has 3 aromatic rings. The maximum Gasteiger partial charge on any atom is 0.330 e. The number of thiazole rings is 1. The summed E-state index contributed by atoms with van der Waals surface area (Å²) in [5, 5.41) is 5.99. The van der Waals surface area contributed by atoms with Crippen LogP contribution in [-0.4, -0.2) is 25.4 Å². The number of hydrogen-bond acceptors (Lipinski definition) is 6. The van der Waals surface area contributed by atoms with Crippen molar-refractivity contribution in [1.82, 2.24) is 24.8 Å². The molecule has 0 bridgehead atoms. The number of fused-ring (bicyclic) bond motifs is 1. The first-order valence-electron chi connectivity index (χ1n) is 8.81. The normalized spacial score (nSPS) is 14.0. The first-order chi connectivity index (χ1) is 12.9. The Labute approximate surface area is 158 Å². The summed E-state index contributed by atoms with van der Waals surface area (Å²) >= 11 is 1.57. The van der Waals surface area contributed by atoms with Crippen LogP contribution in [0.4, 0.5) is 0 Å². The fourth-order valence-electron chi connectivity index (χ4n) is 2.88. The first kappa shape index (κ1) is 17.6. The van der Waals surface area contributed by atoms with E-state index in [1.54, 1.807) is 11.3 Å². The zero-order valence-electron chi connectivity index (χ0n) is 15.0. The number of nitrogens with one attached hydrogen (secondary N) is 2. The van der Waals surface area contributed by atoms with E-state index in [0.29, 0.717) is 18.1 Å². The van der Waals surface area contributed by atoms with Crippen LogP contribution < -0.4 is 16.6 Å². The second-order valence-electron chi connectivity index (χ2n) is 6.97. The van der Waals surface area contributed by atoms with Crippen LogP contribution in [0.3, 0.4) is 0 Å². The average molecular weight is 385 g/mol. The van der Waals surface area contributed by atoms with E-state index >= 15 is 0 Å². The number of nitrogens with zero attached hydrogens (tertiary/aromatic N) is 3. The Kier molecular flexibility index (Phi) is 4.39. The highest BCUT2D eigenvalue weighted by Gasteiger charge is 2.27. The lowest BCUT2D eigenvalue weighted by molar-refractivity contribution is 0.0950. The molecule has 0 radical (unpaired) electrons. The maximum atomic E-state index is 12.5. The molecule has 3 aromatic heterocycles. The molecule has 2 N–H and O–H groups in total. The van der Waals surface area contributed by atoms with Crippen LogP contribution in [-0.2, 0) is 6.54 Å². The molecule has 0 unspecified atom stereocenters. The quantitative estimate of drug-likeness (QED) is 0.697. The lowest BCUT2D eigenvalue weighted by atomic mass is 10.2. The summed E-state index contributed by atoms with van der Waals surface area (Å²) in [5.74, 6) is 0.00648. The van der Waals surface area contributed by atoms with E-state index in [1.807, 2.05) is 5.38 Å². The van der Waals surface area contributed by atoms with Crippen LogP contribution in [0.15, 0.2) is 27.2 Å². The van der Waals surface area contributed by atoms with Crippen molar-refractivity contribution in [2.75, 3.05) is 0 Å². The van der Waals surface area contributed by atoms with Crippen LogP contribution in [0, 0.1) is 0 Å². The maximum absolute atomic E-state index is 12.5. The molecule has 3 heterocycles. The minimum atomic E-state index is -0.532. The van der Waals surface area contributed by atoms with Gasteiger partial charge in [0.25, 0.3) is 11.5 Å². The van der Waals surface area contributed by atoms with Crippen LogP contribution in [0.1, 0.15) is 59.7 Å². The van der Waals surface area contributed by atoms with Crippen molar-refractivity contribution < 1.29 is 4.79 Å². The Morgan fingerprint density at radius 1 is 1.41 bits per heavy atom. The molecule has 1 fully saturated rings. The highest BCUT2D eigenvalue weighted by Crippen LogP contribution is 2.34. The van der Waals surface area contributed by atoms with E-state index in [2.05, 4.69) is 34.1 Å². The van der Waals surface area contributed by atoms with Crippen molar-refractivity contribution in [2.45, 2.75) is 45.2 Å². The molecular formula is C18H19N5O3S. The van der Waals surface area contributed by atoms with Crippen molar-refractivity contribution in [2.24, 2.45) is 0 Å². The number of carbonyl (C=O) groups excluding carboxylic acids is 1. The molecule has 0 atom stereocenters. The minimum Gasteiger partial charge on any atom is -0.346 e. The topological polar surface area (TPSA) is 110 Å². The molecule has 4 rings (SSSR count). The van der Waals surface area contributed by atoms with E-state index < -0.39 is 11.2 Å². The van der Waals surface area contributed by atoms with E-state index in [1.165, 1.54) is 16.8 Å². The van der Waals surface area contributed by atoms with Gasteiger partial charge < -0.3 is 5.32 Å². The third-order valence-electron chi connectivity index (χ3n) is 4.45. The van der Waals surface area contributed by atoms with Gasteiger partial charge in [-0.15, -0.1) is 11.3 Å². The third kappa shape index (κ3) is 3.42. The van der Waals surface area contributed by atoms with Crippen LogP contribution in [0.25, 0.3) is 11.0 Å². The Balaban J connectivity index is 1.59. The first-order valence-corrected chi connectivity index (χ1v) is 9.69. The monoisotopic (exact) mass is 385 g/mol. The van der Waals surface area contributed by atoms with Gasteiger partial charge in [0.1, 0.15) is 5.65 Å². The van der Waals surface area contributed by atoms with Gasteiger partial charge in [-0.2, -0.15) is 0 Å². The summed E-state index contributed by atoms with van der Waals surface area (Å²) in [4.78, 5) is 47.7. The second-order valence-corrected chi connectivity index (χ2v) is 7.86. The second kappa shape index (κ2) is 6.73. The Hall–Kier alpha value is -2.81. The molecule has 1 aliphatic rings. The smallest absolute Gasteiger partial charge is 0.330 e. The van der Waals surface area contributed by atoms with Crippen LogP contribution in [0.5, 0.6) is 0 Å². The Bertz CT molecular complexity index is 1140. The van der Waals surface area contributed by atoms with Gasteiger partial charge >= 0.3 is 5.69 Å². The molecule has 27 heavy (non-hydrogen) atoms. The molecular weight excluding hydrogens is 366 g/mol. The van der Waals surface area contributed by atoms with Crippen molar-refractivity contribution in [3.8, 4) is 0 Å². The lowest BCUT2D eigenvalue weighted by Crippen LogP contribution is -2.31. The molecule has 1 aliphatic carbocycles. The van der Waals surface area contributed by atoms with Gasteiger partial charge in [0.15, 0.2) is 0 Å². The summed E-state index contributed by atoms with van der Waals surface area (Å²) in [6.07, 6.45) is 3.17. The summed E-state index contributed by atoms with van der Waals surface area (Å²) in [7, 11) is 0. The number of aromatic amines is 1. The Morgan fingerprint density at radius 2 is 2.19 bits per heavy atom. The third-order valence-corrected chi connectivity index (χ3v) is 5.64. The number of amides is 1. The summed E-state index contributed by atoms with van der Waals surface area (Å²) < 4.78 is 1.50. The molecule has 0 aromatic carbocycles. The zero-order valence-corrected chi connectivity index (χ0v) is 15.8. The summed E-state index contributed by atoms with van der Waals surface area (Å²) in [6, 6.07) is 1.55. The van der Waals surface area contributed by atoms with Gasteiger partial charge in [-0.1, -0.05) is 13.8 Å². The van der Waals surface area contributed by atoms with Gasteiger partial charge in [0.05, 0.1) is 28.2 Å². The van der Waals surface area contributed by atoms with Gasteiger partial charge in [0.2, 0.25) is 0 Å². The van der Waals surface area contributed by atoms with Crippen molar-refractivity contribution in [3.05, 3.63) is 54.7 Å². The standard InChI is InChI=1S/C18H19N5O3S/c1-9(2)17-21-11(8-27-17)7-20-15(24)10-5-13-14(19-6-10)23(12-3-4-12)18(26)22-16(13)25/h5-6,8-9,12H,3-4,7H2,1-2H3,(H,20,24)(H,22,25,26). The van der Waals surface area contributed by atoms with Crippen LogP contribution in [0.2, 0.25) is 0 Å². The van der Waals surface area contributed by atoms with E-state index in [4.69, 9.17) is 0 Å². The summed E-state index contributed by atoms with van der Waals surface area (Å²) in [6.45, 7) is 4.44. The number of H-pyrrole nitrogens is 1. The minimum absolute atomic E-state index is 0.0730. The van der Waals surface area contributed by atoms with E-state index in [0.717, 1.165) is 23.5 Å². The molecule has 0 spiro atoms. The SMILES string of the molecule is CC(C)c1nc(CNC(=O)c2cnc3c(c2)c(=O)[nH]c(=O)n3C2CC2)cs1. The Morgan fingerprint density at radius 3 is 2.85 bits per heavy atom. The van der Waals surface area contributed by atoms with Gasteiger partial charge in [0, 0.05) is 23.5 Å². The van der Waals surface area contributed by atoms with Crippen LogP contribution >= 0.6 is 11.3 Å². The number of carbonyl (C=O) groups is 1. The predicted molar refractivity (Wildman–Crippen MR) is 102 cm³/mol. The molecule has 1 saturated carbocycles. The van der Waals surface area contributed by atoms with Crippen molar-refractivity contribution >= 4 is 28.3 Å². The van der Waals surface area contributed by atoms with Gasteiger partial charge in [-0.05, 0) is 18.9 Å². The van der Waals surface area contributed by atoms with Gasteiger partial charge in [-0.3, -0.25) is 19.1 Å². The van der Waals surface area contributed by atoms with E-state index in [9.17, 15) is 14.4 Å². The molecule has 1 amide bonds. The molecule has 9 heteroatoms. The van der Waals surface area contributed by atoms with E-state index in [-0.39, 0.29) is 22.9 Å². The largest absolute Gasteiger partial charge is 0.346 e.